The maximum atomic E-state index is 11.8. The van der Waals surface area contributed by atoms with E-state index in [2.05, 4.69) is 0 Å². The summed E-state index contributed by atoms with van der Waals surface area (Å²) >= 11 is 0. The predicted molar refractivity (Wildman–Crippen MR) is 104 cm³/mol. The molecular formula is C21H24O11. The zero-order valence-electron chi connectivity index (χ0n) is 18.0. The summed E-state index contributed by atoms with van der Waals surface area (Å²) in [5.41, 5.74) is 0.181. The number of esters is 4. The van der Waals surface area contributed by atoms with Crippen LogP contribution < -0.4 is 4.74 Å². The number of carbonyl (C=O) groups excluding carboxylic acids is 5. The number of para-hydroxylation sites is 1. The van der Waals surface area contributed by atoms with Gasteiger partial charge in [-0.25, -0.2) is 0 Å². The van der Waals surface area contributed by atoms with E-state index < -0.39 is 54.6 Å². The van der Waals surface area contributed by atoms with Crippen LogP contribution in [0.15, 0.2) is 24.3 Å². The molecule has 1 aliphatic heterocycles. The van der Waals surface area contributed by atoms with Gasteiger partial charge in [0.1, 0.15) is 18.5 Å². The smallest absolute Gasteiger partial charge is 0.303 e. The van der Waals surface area contributed by atoms with Crippen molar-refractivity contribution in [1.82, 2.24) is 0 Å². The average molecular weight is 452 g/mol. The van der Waals surface area contributed by atoms with Gasteiger partial charge in [-0.05, 0) is 12.1 Å². The second kappa shape index (κ2) is 11.2. The summed E-state index contributed by atoms with van der Waals surface area (Å²) < 4.78 is 32.5. The fourth-order valence-electron chi connectivity index (χ4n) is 3.09. The van der Waals surface area contributed by atoms with E-state index in [1.54, 1.807) is 12.1 Å². The van der Waals surface area contributed by atoms with Crippen LogP contribution in [-0.4, -0.2) is 67.5 Å². The van der Waals surface area contributed by atoms with E-state index in [1.165, 1.54) is 19.1 Å². The van der Waals surface area contributed by atoms with Gasteiger partial charge >= 0.3 is 23.9 Å². The Hall–Kier alpha value is -3.47. The summed E-state index contributed by atoms with van der Waals surface area (Å²) in [7, 11) is 0. The molecule has 0 N–H and O–H groups in total. The molecule has 1 heterocycles. The van der Waals surface area contributed by atoms with Crippen LogP contribution in [0.5, 0.6) is 5.75 Å². The Bertz CT molecular complexity index is 865. The van der Waals surface area contributed by atoms with Crippen LogP contribution in [0.3, 0.4) is 0 Å². The largest absolute Gasteiger partial charge is 0.463 e. The molecule has 0 spiro atoms. The molecule has 0 bridgehead atoms. The minimum atomic E-state index is -1.41. The van der Waals surface area contributed by atoms with Crippen molar-refractivity contribution in [2.24, 2.45) is 0 Å². The lowest BCUT2D eigenvalue weighted by Crippen LogP contribution is -2.63. The maximum Gasteiger partial charge on any atom is 0.303 e. The van der Waals surface area contributed by atoms with E-state index in [4.69, 9.17) is 28.4 Å². The highest BCUT2D eigenvalue weighted by atomic mass is 16.7. The SMILES string of the molecule is CC(=O)OC[C@H]1O[C@@H](Oc2ccccc2C=O)[C@H](OC(C)=O)[C@@H](OC(C)=O)[C@H]1OC(C)=O. The summed E-state index contributed by atoms with van der Waals surface area (Å²) in [6.07, 6.45) is -6.03. The first-order valence-corrected chi connectivity index (χ1v) is 9.63. The van der Waals surface area contributed by atoms with E-state index >= 15 is 0 Å². The van der Waals surface area contributed by atoms with Crippen molar-refractivity contribution in [2.45, 2.75) is 58.4 Å². The average Bonchev–Trinajstić information content (AvgIpc) is 2.70. The molecule has 1 fully saturated rings. The molecule has 0 amide bonds. The van der Waals surface area contributed by atoms with Crippen molar-refractivity contribution in [1.29, 1.82) is 0 Å². The third-order valence-corrected chi connectivity index (χ3v) is 4.24. The Morgan fingerprint density at radius 3 is 1.97 bits per heavy atom. The number of carbonyl (C=O) groups is 5. The Labute approximate surface area is 183 Å². The number of benzene rings is 1. The molecule has 2 rings (SSSR count). The first kappa shape index (κ1) is 24.8. The molecule has 0 aliphatic carbocycles. The molecule has 0 unspecified atom stereocenters. The number of hydrogen-bond acceptors (Lipinski definition) is 11. The predicted octanol–water partition coefficient (Wildman–Crippen LogP) is 0.961. The van der Waals surface area contributed by atoms with Crippen molar-refractivity contribution < 1.29 is 52.4 Å². The molecule has 11 heteroatoms. The standard InChI is InChI=1S/C21H24O11/c1-11(23)27-10-17-18(28-12(2)24)19(29-13(3)25)20(30-14(4)26)21(32-17)31-16-8-6-5-7-15(16)9-22/h5-9,17-21H,10H2,1-4H3/t17-,18+,19+,20-,21-/m1/s1. The van der Waals surface area contributed by atoms with Crippen molar-refractivity contribution in [3.05, 3.63) is 29.8 Å². The van der Waals surface area contributed by atoms with Crippen LogP contribution in [-0.2, 0) is 42.9 Å². The zero-order valence-corrected chi connectivity index (χ0v) is 18.0. The lowest BCUT2D eigenvalue weighted by molar-refractivity contribution is -0.288. The molecular weight excluding hydrogens is 428 g/mol. The Morgan fingerprint density at radius 2 is 1.41 bits per heavy atom. The molecule has 0 saturated carbocycles. The Kier molecular flexibility index (Phi) is 8.71. The van der Waals surface area contributed by atoms with Gasteiger partial charge in [0.25, 0.3) is 0 Å². The third-order valence-electron chi connectivity index (χ3n) is 4.24. The van der Waals surface area contributed by atoms with Crippen molar-refractivity contribution >= 4 is 30.2 Å². The molecule has 32 heavy (non-hydrogen) atoms. The minimum absolute atomic E-state index is 0.100. The molecule has 174 valence electrons. The maximum absolute atomic E-state index is 11.8. The normalized spacial score (nSPS) is 24.6. The van der Waals surface area contributed by atoms with Gasteiger partial charge in [0.2, 0.25) is 12.4 Å². The Balaban J connectivity index is 2.49. The lowest BCUT2D eigenvalue weighted by atomic mass is 9.98. The van der Waals surface area contributed by atoms with Crippen molar-refractivity contribution in [2.75, 3.05) is 6.61 Å². The molecule has 5 atom stereocenters. The summed E-state index contributed by atoms with van der Waals surface area (Å²) in [6.45, 7) is 4.14. The fraction of sp³-hybridized carbons (Fsp3) is 0.476. The first-order chi connectivity index (χ1) is 15.1. The molecule has 1 saturated heterocycles. The molecule has 1 aliphatic rings. The number of hydrogen-bond donors (Lipinski definition) is 0. The molecule has 1 aromatic carbocycles. The highest BCUT2D eigenvalue weighted by Gasteiger charge is 2.53. The monoisotopic (exact) mass is 452 g/mol. The van der Waals surface area contributed by atoms with Gasteiger partial charge in [0, 0.05) is 27.7 Å². The van der Waals surface area contributed by atoms with Crippen LogP contribution in [0.25, 0.3) is 0 Å². The third kappa shape index (κ3) is 6.77. The summed E-state index contributed by atoms with van der Waals surface area (Å²) in [5.74, 6) is -2.79. The van der Waals surface area contributed by atoms with Gasteiger partial charge in [0.15, 0.2) is 18.5 Å². The highest BCUT2D eigenvalue weighted by Crippen LogP contribution is 2.31. The van der Waals surface area contributed by atoms with Gasteiger partial charge in [-0.2, -0.15) is 0 Å². The van der Waals surface area contributed by atoms with Crippen LogP contribution in [0.1, 0.15) is 38.1 Å². The van der Waals surface area contributed by atoms with Crippen LogP contribution in [0.2, 0.25) is 0 Å². The quantitative estimate of drug-likeness (QED) is 0.316. The van der Waals surface area contributed by atoms with E-state index in [0.29, 0.717) is 6.29 Å². The van der Waals surface area contributed by atoms with Gasteiger partial charge in [-0.1, -0.05) is 12.1 Å². The van der Waals surface area contributed by atoms with Crippen LogP contribution >= 0.6 is 0 Å². The second-order valence-corrected chi connectivity index (χ2v) is 6.84. The van der Waals surface area contributed by atoms with E-state index in [1.807, 2.05) is 0 Å². The highest BCUT2D eigenvalue weighted by molar-refractivity contribution is 5.79. The minimum Gasteiger partial charge on any atom is -0.463 e. The van der Waals surface area contributed by atoms with Gasteiger partial charge in [0.05, 0.1) is 5.56 Å². The topological polar surface area (TPSA) is 141 Å². The zero-order chi connectivity index (χ0) is 23.8. The van der Waals surface area contributed by atoms with Crippen molar-refractivity contribution in [3.8, 4) is 5.75 Å². The molecule has 11 nitrogen and oxygen atoms in total. The fourth-order valence-corrected chi connectivity index (χ4v) is 3.09. The second-order valence-electron chi connectivity index (χ2n) is 6.84. The van der Waals surface area contributed by atoms with Gasteiger partial charge in [-0.15, -0.1) is 0 Å². The van der Waals surface area contributed by atoms with Gasteiger partial charge < -0.3 is 28.4 Å². The number of rotatable bonds is 8. The van der Waals surface area contributed by atoms with E-state index in [0.717, 1.165) is 20.8 Å². The molecule has 0 radical (unpaired) electrons. The van der Waals surface area contributed by atoms with Crippen LogP contribution in [0.4, 0.5) is 0 Å². The first-order valence-electron chi connectivity index (χ1n) is 9.63. The number of aldehydes is 1. The Morgan fingerprint density at radius 1 is 0.844 bits per heavy atom. The van der Waals surface area contributed by atoms with E-state index in [9.17, 15) is 24.0 Å². The van der Waals surface area contributed by atoms with Crippen LogP contribution in [0, 0.1) is 0 Å². The summed E-state index contributed by atoms with van der Waals surface area (Å²) in [6, 6.07) is 6.20. The molecule has 0 aromatic heterocycles. The van der Waals surface area contributed by atoms with E-state index in [-0.39, 0.29) is 17.9 Å². The van der Waals surface area contributed by atoms with Crippen molar-refractivity contribution in [3.63, 3.8) is 0 Å². The summed E-state index contributed by atoms with van der Waals surface area (Å²) in [5, 5.41) is 0. The molecule has 1 aromatic rings. The lowest BCUT2D eigenvalue weighted by Gasteiger charge is -2.44. The van der Waals surface area contributed by atoms with Gasteiger partial charge in [-0.3, -0.25) is 24.0 Å². The number of ether oxygens (including phenoxy) is 6. The summed E-state index contributed by atoms with van der Waals surface area (Å²) in [4.78, 5) is 58.0.